The highest BCUT2D eigenvalue weighted by Crippen LogP contribution is 2.34. The lowest BCUT2D eigenvalue weighted by Gasteiger charge is -2.31. The summed E-state index contributed by atoms with van der Waals surface area (Å²) in [4.78, 5) is 28.4. The van der Waals surface area contributed by atoms with Gasteiger partial charge in [0.2, 0.25) is 0 Å². The van der Waals surface area contributed by atoms with E-state index in [1.54, 1.807) is 0 Å². The van der Waals surface area contributed by atoms with Crippen molar-refractivity contribution in [3.05, 3.63) is 70.4 Å². The maximum Gasteiger partial charge on any atom is 0.357 e. The highest BCUT2D eigenvalue weighted by Gasteiger charge is 2.32. The maximum atomic E-state index is 13.0. The van der Waals surface area contributed by atoms with Crippen molar-refractivity contribution < 1.29 is 19.1 Å². The first-order valence-electron chi connectivity index (χ1n) is 12.0. The van der Waals surface area contributed by atoms with Crippen LogP contribution in [0, 0.1) is 19.8 Å². The molecule has 0 saturated carbocycles. The van der Waals surface area contributed by atoms with Crippen LogP contribution in [0.1, 0.15) is 57.3 Å². The van der Waals surface area contributed by atoms with Gasteiger partial charge in [-0.1, -0.05) is 36.8 Å². The van der Waals surface area contributed by atoms with Crippen molar-refractivity contribution in [1.82, 2.24) is 14.7 Å². The fourth-order valence-corrected chi connectivity index (χ4v) is 4.96. The number of piperidine rings is 1. The van der Waals surface area contributed by atoms with Gasteiger partial charge in [0.05, 0.1) is 19.9 Å². The SMILES string of the molecule is COC(=O)c1c(-c2cc(C)cc(CN3CCCC(C)C3)c2C)nn(-c2ccccc2)c1C(=O)OC. The molecule has 7 nitrogen and oxygen atoms in total. The van der Waals surface area contributed by atoms with E-state index >= 15 is 0 Å². The average Bonchev–Trinajstić information content (AvgIpc) is 3.26. The number of esters is 2. The Morgan fingerprint density at radius 1 is 1.06 bits per heavy atom. The van der Waals surface area contributed by atoms with Crippen molar-refractivity contribution in [2.24, 2.45) is 5.92 Å². The molecule has 0 N–H and O–H groups in total. The van der Waals surface area contributed by atoms with Gasteiger partial charge in [0, 0.05) is 18.7 Å². The van der Waals surface area contributed by atoms with Crippen LogP contribution >= 0.6 is 0 Å². The van der Waals surface area contributed by atoms with E-state index in [1.807, 2.05) is 43.3 Å². The van der Waals surface area contributed by atoms with E-state index in [2.05, 4.69) is 24.8 Å². The number of likely N-dealkylation sites (tertiary alicyclic amines) is 1. The first kappa shape index (κ1) is 24.7. The monoisotopic (exact) mass is 475 g/mol. The smallest absolute Gasteiger partial charge is 0.357 e. The molecule has 3 aromatic rings. The van der Waals surface area contributed by atoms with Crippen LogP contribution in [0.4, 0.5) is 0 Å². The van der Waals surface area contributed by atoms with Gasteiger partial charge in [-0.25, -0.2) is 14.3 Å². The third-order valence-electron chi connectivity index (χ3n) is 6.70. The number of benzene rings is 2. The number of carbonyl (C=O) groups is 2. The van der Waals surface area contributed by atoms with Gasteiger partial charge in [-0.15, -0.1) is 0 Å². The van der Waals surface area contributed by atoms with Gasteiger partial charge in [0.25, 0.3) is 0 Å². The molecule has 184 valence electrons. The lowest BCUT2D eigenvalue weighted by molar-refractivity contribution is 0.0549. The van der Waals surface area contributed by atoms with E-state index in [1.165, 1.54) is 37.3 Å². The zero-order valence-electron chi connectivity index (χ0n) is 21.1. The Morgan fingerprint density at radius 3 is 2.43 bits per heavy atom. The minimum Gasteiger partial charge on any atom is -0.465 e. The number of hydrogen-bond donors (Lipinski definition) is 0. The predicted octanol–water partition coefficient (Wildman–Crippen LogP) is 4.96. The van der Waals surface area contributed by atoms with Crippen molar-refractivity contribution in [2.75, 3.05) is 27.3 Å². The van der Waals surface area contributed by atoms with Crippen LogP contribution in [0.5, 0.6) is 0 Å². The molecule has 1 aliphatic heterocycles. The van der Waals surface area contributed by atoms with Crippen molar-refractivity contribution in [3.63, 3.8) is 0 Å². The van der Waals surface area contributed by atoms with E-state index in [9.17, 15) is 9.59 Å². The minimum absolute atomic E-state index is 0.0489. The topological polar surface area (TPSA) is 73.7 Å². The van der Waals surface area contributed by atoms with E-state index in [-0.39, 0.29) is 11.3 Å². The van der Waals surface area contributed by atoms with Crippen LogP contribution in [-0.2, 0) is 16.0 Å². The summed E-state index contributed by atoms with van der Waals surface area (Å²) in [6, 6.07) is 13.5. The molecular formula is C28H33N3O4. The third kappa shape index (κ3) is 5.00. The standard InChI is InChI=1S/C28H33N3O4/c1-18-10-9-13-30(16-18)17-21-14-19(2)15-23(20(21)3)25-24(27(32)34-4)26(28(33)35-5)31(29-25)22-11-7-6-8-12-22/h6-8,11-12,14-15,18H,9-10,13,16-17H2,1-5H3. The van der Waals surface area contributed by atoms with Crippen LogP contribution in [0.2, 0.25) is 0 Å². The van der Waals surface area contributed by atoms with Crippen molar-refractivity contribution in [2.45, 2.75) is 40.2 Å². The van der Waals surface area contributed by atoms with E-state index in [0.29, 0.717) is 17.3 Å². The molecule has 1 aromatic heterocycles. The largest absolute Gasteiger partial charge is 0.465 e. The first-order chi connectivity index (χ1) is 16.8. The quantitative estimate of drug-likeness (QED) is 0.469. The van der Waals surface area contributed by atoms with Crippen LogP contribution in [0.25, 0.3) is 16.9 Å². The number of methoxy groups -OCH3 is 2. The predicted molar refractivity (Wildman–Crippen MR) is 135 cm³/mol. The van der Waals surface area contributed by atoms with Gasteiger partial charge in [-0.05, 0) is 68.5 Å². The Kier molecular flexibility index (Phi) is 7.36. The van der Waals surface area contributed by atoms with Gasteiger partial charge in [0.15, 0.2) is 5.69 Å². The van der Waals surface area contributed by atoms with Crippen LogP contribution < -0.4 is 0 Å². The molecule has 2 heterocycles. The van der Waals surface area contributed by atoms with E-state index in [0.717, 1.165) is 36.3 Å². The molecule has 0 amide bonds. The van der Waals surface area contributed by atoms with Crippen molar-refractivity contribution in [3.8, 4) is 16.9 Å². The minimum atomic E-state index is -0.652. The number of rotatable bonds is 6. The summed E-state index contributed by atoms with van der Waals surface area (Å²) >= 11 is 0. The summed E-state index contributed by atoms with van der Waals surface area (Å²) in [5.74, 6) is -0.598. The molecular weight excluding hydrogens is 442 g/mol. The maximum absolute atomic E-state index is 13.0. The van der Waals surface area contributed by atoms with E-state index < -0.39 is 11.9 Å². The number of hydrogen-bond acceptors (Lipinski definition) is 6. The zero-order valence-corrected chi connectivity index (χ0v) is 21.1. The van der Waals surface area contributed by atoms with Gasteiger partial charge in [0.1, 0.15) is 11.3 Å². The lowest BCUT2D eigenvalue weighted by atomic mass is 9.93. The second kappa shape index (κ2) is 10.4. The molecule has 35 heavy (non-hydrogen) atoms. The number of aryl methyl sites for hydroxylation is 1. The summed E-state index contributed by atoms with van der Waals surface area (Å²) in [6.45, 7) is 9.38. The highest BCUT2D eigenvalue weighted by atomic mass is 16.5. The van der Waals surface area contributed by atoms with Crippen LogP contribution in [0.3, 0.4) is 0 Å². The highest BCUT2D eigenvalue weighted by molar-refractivity contribution is 6.07. The summed E-state index contributed by atoms with van der Waals surface area (Å²) in [6.07, 6.45) is 2.47. The molecule has 0 bridgehead atoms. The number of nitrogens with zero attached hydrogens (tertiary/aromatic N) is 3. The second-order valence-electron chi connectivity index (χ2n) is 9.38. The summed E-state index contributed by atoms with van der Waals surface area (Å²) in [5.41, 5.74) is 5.32. The molecule has 0 spiro atoms. The Bertz CT molecular complexity index is 1230. The van der Waals surface area contributed by atoms with Crippen LogP contribution in [0.15, 0.2) is 42.5 Å². The summed E-state index contributed by atoms with van der Waals surface area (Å²) in [5, 5.41) is 4.79. The summed E-state index contributed by atoms with van der Waals surface area (Å²) < 4.78 is 11.6. The zero-order chi connectivity index (χ0) is 25.1. The van der Waals surface area contributed by atoms with E-state index in [4.69, 9.17) is 14.6 Å². The second-order valence-corrected chi connectivity index (χ2v) is 9.38. The average molecular weight is 476 g/mol. The molecule has 4 rings (SSSR count). The first-order valence-corrected chi connectivity index (χ1v) is 12.0. The molecule has 1 unspecified atom stereocenters. The Morgan fingerprint density at radius 2 is 1.77 bits per heavy atom. The van der Waals surface area contributed by atoms with Gasteiger partial charge in [-0.3, -0.25) is 4.90 Å². The fraction of sp³-hybridized carbons (Fsp3) is 0.393. The van der Waals surface area contributed by atoms with Gasteiger partial charge in [-0.2, -0.15) is 5.10 Å². The Labute approximate surface area is 206 Å². The third-order valence-corrected chi connectivity index (χ3v) is 6.70. The molecule has 0 radical (unpaired) electrons. The molecule has 0 aliphatic carbocycles. The van der Waals surface area contributed by atoms with Gasteiger partial charge < -0.3 is 9.47 Å². The van der Waals surface area contributed by atoms with Gasteiger partial charge >= 0.3 is 11.9 Å². The molecule has 1 atom stereocenters. The molecule has 1 fully saturated rings. The summed E-state index contributed by atoms with van der Waals surface area (Å²) in [7, 11) is 2.60. The Balaban J connectivity index is 1.91. The molecule has 1 aliphatic rings. The Hall–Kier alpha value is -3.45. The van der Waals surface area contributed by atoms with Crippen molar-refractivity contribution in [1.29, 1.82) is 0 Å². The van der Waals surface area contributed by atoms with Crippen molar-refractivity contribution >= 4 is 11.9 Å². The van der Waals surface area contributed by atoms with Crippen LogP contribution in [-0.4, -0.2) is 53.9 Å². The number of para-hydroxylation sites is 1. The molecule has 1 saturated heterocycles. The lowest BCUT2D eigenvalue weighted by Crippen LogP contribution is -2.34. The number of ether oxygens (including phenoxy) is 2. The normalized spacial score (nSPS) is 16.2. The molecule has 7 heteroatoms. The fourth-order valence-electron chi connectivity index (χ4n) is 4.96. The number of carbonyl (C=O) groups excluding carboxylic acids is 2. The number of aromatic nitrogens is 2. The molecule has 2 aromatic carbocycles.